The van der Waals surface area contributed by atoms with Crippen molar-refractivity contribution in [3.05, 3.63) is 52.8 Å². The number of aryl methyl sites for hydroxylation is 2. The Bertz CT molecular complexity index is 972. The van der Waals surface area contributed by atoms with Gasteiger partial charge in [0.05, 0.1) is 24.1 Å². The summed E-state index contributed by atoms with van der Waals surface area (Å²) in [4.78, 5) is 40.4. The molecule has 8 nitrogen and oxygen atoms in total. The number of amides is 2. The molecule has 8 heteroatoms. The van der Waals surface area contributed by atoms with Crippen molar-refractivity contribution in [3.8, 4) is 17.2 Å². The van der Waals surface area contributed by atoms with Gasteiger partial charge in [0, 0.05) is 32.1 Å². The van der Waals surface area contributed by atoms with Crippen LogP contribution in [0, 0.1) is 25.2 Å². The van der Waals surface area contributed by atoms with Crippen molar-refractivity contribution in [1.82, 2.24) is 15.2 Å². The molecule has 0 aliphatic carbocycles. The Morgan fingerprint density at radius 3 is 2.47 bits per heavy atom. The van der Waals surface area contributed by atoms with E-state index in [0.29, 0.717) is 17.5 Å². The number of benzene rings is 1. The number of rotatable bonds is 8. The lowest BCUT2D eigenvalue weighted by Crippen LogP contribution is -2.29. The van der Waals surface area contributed by atoms with Crippen molar-refractivity contribution in [2.24, 2.45) is 0 Å². The van der Waals surface area contributed by atoms with E-state index in [9.17, 15) is 14.4 Å². The molecule has 0 aliphatic heterocycles. The van der Waals surface area contributed by atoms with Crippen LogP contribution in [-0.4, -0.2) is 48.9 Å². The number of ether oxygens (including phenoxy) is 1. The molecular formula is C22H24N4O4. The van der Waals surface area contributed by atoms with Crippen molar-refractivity contribution >= 4 is 18.3 Å². The van der Waals surface area contributed by atoms with Crippen LogP contribution in [0.5, 0.6) is 0 Å². The average Bonchev–Trinajstić information content (AvgIpc) is 2.71. The van der Waals surface area contributed by atoms with E-state index in [1.807, 2.05) is 19.9 Å². The highest BCUT2D eigenvalue weighted by Crippen LogP contribution is 2.30. The normalized spacial score (nSPS) is 11.2. The Hall–Kier alpha value is -3.73. The zero-order chi connectivity index (χ0) is 22.3. The standard InChI is InChI=1S/C22H24N4O4/c1-14-5-16(9-23)6-15(2)22(14)18-7-17(10-24-11-18)19(25-13-27)8-21(29)30-12-20(28)26(3)4/h5-7,10-11,13,19H,8,12H2,1-4H3,(H,25,27). The van der Waals surface area contributed by atoms with Crippen LogP contribution in [0.2, 0.25) is 0 Å². The van der Waals surface area contributed by atoms with Gasteiger partial charge in [0.25, 0.3) is 5.91 Å². The van der Waals surface area contributed by atoms with Crippen molar-refractivity contribution in [1.29, 1.82) is 5.26 Å². The van der Waals surface area contributed by atoms with E-state index < -0.39 is 12.0 Å². The summed E-state index contributed by atoms with van der Waals surface area (Å²) in [6, 6.07) is 6.93. The van der Waals surface area contributed by atoms with Crippen LogP contribution in [-0.2, 0) is 19.1 Å². The van der Waals surface area contributed by atoms with E-state index in [1.54, 1.807) is 38.6 Å². The predicted molar refractivity (Wildman–Crippen MR) is 110 cm³/mol. The lowest BCUT2D eigenvalue weighted by Gasteiger charge is -2.18. The molecule has 0 spiro atoms. The van der Waals surface area contributed by atoms with Crippen LogP contribution in [0.25, 0.3) is 11.1 Å². The minimum atomic E-state index is -0.657. The number of nitriles is 1. The molecule has 0 radical (unpaired) electrons. The molecule has 0 saturated heterocycles. The molecule has 0 bridgehead atoms. The number of nitrogens with one attached hydrogen (secondary N) is 1. The molecule has 1 aromatic heterocycles. The summed E-state index contributed by atoms with van der Waals surface area (Å²) in [5, 5.41) is 11.8. The second kappa shape index (κ2) is 10.2. The summed E-state index contributed by atoms with van der Waals surface area (Å²) in [6.45, 7) is 3.47. The van der Waals surface area contributed by atoms with Gasteiger partial charge in [-0.05, 0) is 54.3 Å². The molecule has 156 valence electrons. The van der Waals surface area contributed by atoms with Gasteiger partial charge in [0.15, 0.2) is 6.61 Å². The van der Waals surface area contributed by atoms with Gasteiger partial charge in [-0.15, -0.1) is 0 Å². The van der Waals surface area contributed by atoms with E-state index >= 15 is 0 Å². The lowest BCUT2D eigenvalue weighted by molar-refractivity contribution is -0.151. The summed E-state index contributed by atoms with van der Waals surface area (Å²) in [7, 11) is 3.13. The molecule has 0 fully saturated rings. The van der Waals surface area contributed by atoms with Crippen molar-refractivity contribution in [2.45, 2.75) is 26.3 Å². The smallest absolute Gasteiger partial charge is 0.308 e. The first-order chi connectivity index (χ1) is 14.3. The van der Waals surface area contributed by atoms with Crippen LogP contribution in [0.1, 0.15) is 34.7 Å². The molecule has 1 atom stereocenters. The Labute approximate surface area is 175 Å². The van der Waals surface area contributed by atoms with Gasteiger partial charge in [-0.25, -0.2) is 0 Å². The van der Waals surface area contributed by atoms with Gasteiger partial charge in [-0.1, -0.05) is 0 Å². The second-order valence-corrected chi connectivity index (χ2v) is 7.09. The highest BCUT2D eigenvalue weighted by atomic mass is 16.5. The molecule has 0 aliphatic rings. The zero-order valence-electron chi connectivity index (χ0n) is 17.4. The van der Waals surface area contributed by atoms with Crippen LogP contribution in [0.4, 0.5) is 0 Å². The highest BCUT2D eigenvalue weighted by Gasteiger charge is 2.19. The molecule has 1 heterocycles. The number of nitrogens with zero attached hydrogens (tertiary/aromatic N) is 3. The number of pyridine rings is 1. The number of carbonyl (C=O) groups is 3. The van der Waals surface area contributed by atoms with Crippen molar-refractivity contribution < 1.29 is 19.1 Å². The van der Waals surface area contributed by atoms with Gasteiger partial charge in [-0.3, -0.25) is 19.4 Å². The van der Waals surface area contributed by atoms with Gasteiger partial charge >= 0.3 is 5.97 Å². The zero-order valence-corrected chi connectivity index (χ0v) is 17.4. The maximum atomic E-state index is 12.2. The summed E-state index contributed by atoms with van der Waals surface area (Å²) in [6.07, 6.45) is 3.62. The van der Waals surface area contributed by atoms with Gasteiger partial charge in [-0.2, -0.15) is 5.26 Å². The quantitative estimate of drug-likeness (QED) is 0.528. The molecule has 0 saturated carbocycles. The van der Waals surface area contributed by atoms with E-state index in [2.05, 4.69) is 16.4 Å². The fourth-order valence-corrected chi connectivity index (χ4v) is 3.12. The van der Waals surface area contributed by atoms with Gasteiger partial charge in [0.2, 0.25) is 6.41 Å². The van der Waals surface area contributed by atoms with Crippen molar-refractivity contribution in [2.75, 3.05) is 20.7 Å². The number of likely N-dealkylation sites (N-methyl/N-ethyl adjacent to an activating group) is 1. The van der Waals surface area contributed by atoms with Crippen LogP contribution < -0.4 is 5.32 Å². The number of aromatic nitrogens is 1. The fourth-order valence-electron chi connectivity index (χ4n) is 3.12. The maximum Gasteiger partial charge on any atom is 0.308 e. The minimum Gasteiger partial charge on any atom is -0.455 e. The third-order valence-electron chi connectivity index (χ3n) is 4.61. The Balaban J connectivity index is 2.27. The summed E-state index contributed by atoms with van der Waals surface area (Å²) >= 11 is 0. The fraction of sp³-hybridized carbons (Fsp3) is 0.318. The molecule has 30 heavy (non-hydrogen) atoms. The van der Waals surface area contributed by atoms with Crippen LogP contribution >= 0.6 is 0 Å². The molecular weight excluding hydrogens is 384 g/mol. The van der Waals surface area contributed by atoms with E-state index in [4.69, 9.17) is 10.00 Å². The largest absolute Gasteiger partial charge is 0.455 e. The van der Waals surface area contributed by atoms with Gasteiger partial charge < -0.3 is 15.0 Å². The predicted octanol–water partition coefficient (Wildman–Crippen LogP) is 2.05. The SMILES string of the molecule is Cc1cc(C#N)cc(C)c1-c1cncc(C(CC(=O)OCC(=O)N(C)C)NC=O)c1. The third-order valence-corrected chi connectivity index (χ3v) is 4.61. The van der Waals surface area contributed by atoms with E-state index in [1.165, 1.54) is 4.90 Å². The molecule has 2 aromatic rings. The topological polar surface area (TPSA) is 112 Å². The number of hydrogen-bond acceptors (Lipinski definition) is 6. The van der Waals surface area contributed by atoms with E-state index in [0.717, 1.165) is 22.3 Å². The molecule has 1 aromatic carbocycles. The number of esters is 1. The van der Waals surface area contributed by atoms with Crippen LogP contribution in [0.3, 0.4) is 0 Å². The first-order valence-corrected chi connectivity index (χ1v) is 9.29. The molecule has 2 amide bonds. The molecule has 1 N–H and O–H groups in total. The minimum absolute atomic E-state index is 0.143. The third kappa shape index (κ3) is 5.64. The Morgan fingerprint density at radius 2 is 1.90 bits per heavy atom. The number of carbonyl (C=O) groups excluding carboxylic acids is 3. The first kappa shape index (κ1) is 22.6. The van der Waals surface area contributed by atoms with Crippen LogP contribution in [0.15, 0.2) is 30.6 Å². The van der Waals surface area contributed by atoms with E-state index in [-0.39, 0.29) is 18.9 Å². The first-order valence-electron chi connectivity index (χ1n) is 9.29. The summed E-state index contributed by atoms with van der Waals surface area (Å²) in [5.74, 6) is -0.945. The number of hydrogen-bond donors (Lipinski definition) is 1. The van der Waals surface area contributed by atoms with Gasteiger partial charge in [0.1, 0.15) is 0 Å². The maximum absolute atomic E-state index is 12.2. The summed E-state index contributed by atoms with van der Waals surface area (Å²) < 4.78 is 5.00. The molecule has 1 unspecified atom stereocenters. The monoisotopic (exact) mass is 408 g/mol. The second-order valence-electron chi connectivity index (χ2n) is 7.09. The average molecular weight is 408 g/mol. The lowest BCUT2D eigenvalue weighted by atomic mass is 9.93. The highest BCUT2D eigenvalue weighted by molar-refractivity contribution is 5.80. The van der Waals surface area contributed by atoms with Crippen molar-refractivity contribution in [3.63, 3.8) is 0 Å². The Morgan fingerprint density at radius 1 is 1.23 bits per heavy atom. The Kier molecular flexibility index (Phi) is 7.64. The molecule has 2 rings (SSSR count). The summed E-state index contributed by atoms with van der Waals surface area (Å²) in [5.41, 5.74) is 4.79.